The second-order valence-electron chi connectivity index (χ2n) is 0.964. The van der Waals surface area contributed by atoms with Crippen molar-refractivity contribution in [3.05, 3.63) is 0 Å². The van der Waals surface area contributed by atoms with Crippen molar-refractivity contribution in [2.24, 2.45) is 0 Å². The van der Waals surface area contributed by atoms with Gasteiger partial charge in [0.1, 0.15) is 6.42 Å². The summed E-state index contributed by atoms with van der Waals surface area (Å²) in [5.41, 5.74) is 0. The second kappa shape index (κ2) is 5.56. The Balaban J connectivity index is 0. The molecule has 0 aromatic carbocycles. The summed E-state index contributed by atoms with van der Waals surface area (Å²) in [6, 6.07) is 0. The van der Waals surface area contributed by atoms with Crippen LogP contribution in [0.2, 0.25) is 0 Å². The molecule has 0 fully saturated rings. The summed E-state index contributed by atoms with van der Waals surface area (Å²) in [5, 5.41) is 15.4. The number of carboxylic acids is 2. The van der Waals surface area contributed by atoms with Crippen molar-refractivity contribution in [2.75, 3.05) is 0 Å². The fraction of sp³-hybridized carbons (Fsp3) is 0.333. The van der Waals surface area contributed by atoms with Gasteiger partial charge in [-0.05, 0) is 0 Å². The van der Waals surface area contributed by atoms with Gasteiger partial charge >= 0.3 is 11.9 Å². The Morgan fingerprint density at radius 2 is 1.38 bits per heavy atom. The standard InChI is InChI=1S/C3H4O4.Sr/c4-2(5)1-3(6)7;/h1H2,(H,4,5)(H,6,7);. The number of carbonyl (C=O) groups is 2. The van der Waals surface area contributed by atoms with E-state index in [1.165, 1.54) is 0 Å². The third kappa shape index (κ3) is 9.65. The van der Waals surface area contributed by atoms with Gasteiger partial charge in [-0.25, -0.2) is 0 Å². The van der Waals surface area contributed by atoms with E-state index in [1.54, 1.807) is 0 Å². The molecule has 2 radical (unpaired) electrons. The molecule has 0 unspecified atom stereocenters. The van der Waals surface area contributed by atoms with Gasteiger partial charge in [-0.15, -0.1) is 0 Å². The van der Waals surface area contributed by atoms with Crippen molar-refractivity contribution in [2.45, 2.75) is 6.42 Å². The summed E-state index contributed by atoms with van der Waals surface area (Å²) < 4.78 is 0. The molecule has 2 N–H and O–H groups in total. The van der Waals surface area contributed by atoms with Gasteiger partial charge in [-0.2, -0.15) is 0 Å². The van der Waals surface area contributed by atoms with Crippen molar-refractivity contribution in [1.29, 1.82) is 0 Å². The molecule has 0 aliphatic heterocycles. The molecule has 0 heterocycles. The minimum Gasteiger partial charge on any atom is -0.481 e. The van der Waals surface area contributed by atoms with E-state index >= 15 is 0 Å². The van der Waals surface area contributed by atoms with Crippen LogP contribution in [0.1, 0.15) is 6.42 Å². The van der Waals surface area contributed by atoms with Gasteiger partial charge in [0, 0.05) is 45.5 Å². The topological polar surface area (TPSA) is 74.6 Å². The van der Waals surface area contributed by atoms with E-state index < -0.39 is 18.4 Å². The van der Waals surface area contributed by atoms with Crippen LogP contribution in [0.3, 0.4) is 0 Å². The Hall–Kier alpha value is 0.421. The van der Waals surface area contributed by atoms with Crippen LogP contribution in [0.15, 0.2) is 0 Å². The Labute approximate surface area is 82.8 Å². The molecule has 0 rings (SSSR count). The summed E-state index contributed by atoms with van der Waals surface area (Å²) in [7, 11) is 0. The van der Waals surface area contributed by atoms with Crippen LogP contribution in [-0.4, -0.2) is 67.6 Å². The fourth-order valence-corrected chi connectivity index (χ4v) is 0.129. The molecule has 42 valence electrons. The van der Waals surface area contributed by atoms with Gasteiger partial charge in [0.25, 0.3) is 0 Å². The molecule has 0 aliphatic carbocycles. The van der Waals surface area contributed by atoms with Gasteiger partial charge in [0.15, 0.2) is 0 Å². The zero-order valence-electron chi connectivity index (χ0n) is 4.13. The van der Waals surface area contributed by atoms with Crippen molar-refractivity contribution in [3.8, 4) is 0 Å². The Morgan fingerprint density at radius 3 is 1.38 bits per heavy atom. The summed E-state index contributed by atoms with van der Waals surface area (Å²) in [6.45, 7) is 0. The van der Waals surface area contributed by atoms with E-state index in [0.717, 1.165) is 0 Å². The molecule has 5 heteroatoms. The molecular weight excluding hydrogens is 188 g/mol. The molecular formula is C3H4O4Sr. The summed E-state index contributed by atoms with van der Waals surface area (Å²) in [6.07, 6.45) is -0.806. The average molecular weight is 192 g/mol. The molecule has 0 atom stereocenters. The van der Waals surface area contributed by atoms with E-state index in [4.69, 9.17) is 10.2 Å². The number of hydrogen-bond donors (Lipinski definition) is 2. The Bertz CT molecular complexity index is 87.5. The van der Waals surface area contributed by atoms with Crippen LogP contribution in [0, 0.1) is 0 Å². The van der Waals surface area contributed by atoms with Crippen LogP contribution in [0.4, 0.5) is 0 Å². The van der Waals surface area contributed by atoms with Gasteiger partial charge < -0.3 is 10.2 Å². The van der Waals surface area contributed by atoms with E-state index in [0.29, 0.717) is 0 Å². The first-order chi connectivity index (χ1) is 3.13. The largest absolute Gasteiger partial charge is 0.481 e. The molecule has 0 spiro atoms. The smallest absolute Gasteiger partial charge is 0.314 e. The normalized spacial score (nSPS) is 7.00. The molecule has 0 bridgehead atoms. The van der Waals surface area contributed by atoms with Gasteiger partial charge in [-0.3, -0.25) is 9.59 Å². The zero-order chi connectivity index (χ0) is 5.86. The number of carboxylic acid groups (broad SMARTS) is 2. The van der Waals surface area contributed by atoms with Gasteiger partial charge in [-0.1, -0.05) is 0 Å². The monoisotopic (exact) mass is 192 g/mol. The van der Waals surface area contributed by atoms with E-state index in [1.807, 2.05) is 0 Å². The molecule has 0 amide bonds. The minimum absolute atomic E-state index is 0. The molecule has 0 saturated heterocycles. The first-order valence-corrected chi connectivity index (χ1v) is 1.56. The van der Waals surface area contributed by atoms with Gasteiger partial charge in [0.05, 0.1) is 0 Å². The van der Waals surface area contributed by atoms with Crippen LogP contribution < -0.4 is 0 Å². The molecule has 8 heavy (non-hydrogen) atoms. The number of hydrogen-bond acceptors (Lipinski definition) is 2. The number of aliphatic carboxylic acids is 2. The predicted molar refractivity (Wildman–Crippen MR) is 25.6 cm³/mol. The third-order valence-corrected chi connectivity index (χ3v) is 0.302. The van der Waals surface area contributed by atoms with E-state index in [2.05, 4.69) is 0 Å². The van der Waals surface area contributed by atoms with Gasteiger partial charge in [0.2, 0.25) is 0 Å². The SMILES string of the molecule is O=C(O)CC(=O)O.[Sr]. The first kappa shape index (κ1) is 11.2. The van der Waals surface area contributed by atoms with Crippen molar-refractivity contribution < 1.29 is 19.8 Å². The Kier molecular flexibility index (Phi) is 7.81. The minimum atomic E-state index is -1.31. The van der Waals surface area contributed by atoms with Crippen molar-refractivity contribution in [1.82, 2.24) is 0 Å². The summed E-state index contributed by atoms with van der Waals surface area (Å²) in [4.78, 5) is 18.9. The maximum atomic E-state index is 9.43. The maximum Gasteiger partial charge on any atom is 0.314 e. The maximum absolute atomic E-state index is 9.43. The number of rotatable bonds is 2. The zero-order valence-corrected chi connectivity index (χ0v) is 7.60. The summed E-state index contributed by atoms with van der Waals surface area (Å²) in [5.74, 6) is -2.62. The van der Waals surface area contributed by atoms with Crippen molar-refractivity contribution in [3.63, 3.8) is 0 Å². The molecule has 4 nitrogen and oxygen atoms in total. The van der Waals surface area contributed by atoms with E-state index in [-0.39, 0.29) is 45.5 Å². The predicted octanol–water partition coefficient (Wildman–Crippen LogP) is -0.835. The average Bonchev–Trinajstić information content (AvgIpc) is 1.27. The van der Waals surface area contributed by atoms with Crippen LogP contribution in [0.25, 0.3) is 0 Å². The van der Waals surface area contributed by atoms with Crippen LogP contribution in [0.5, 0.6) is 0 Å². The van der Waals surface area contributed by atoms with E-state index in [9.17, 15) is 9.59 Å². The summed E-state index contributed by atoms with van der Waals surface area (Å²) >= 11 is 0. The third-order valence-electron chi connectivity index (χ3n) is 0.302. The molecule has 0 aromatic heterocycles. The molecule has 0 aromatic rings. The molecule has 0 aliphatic rings. The molecule has 0 saturated carbocycles. The van der Waals surface area contributed by atoms with Crippen molar-refractivity contribution >= 4 is 57.4 Å². The van der Waals surface area contributed by atoms with Crippen LogP contribution >= 0.6 is 0 Å². The quantitative estimate of drug-likeness (QED) is 0.441. The first-order valence-electron chi connectivity index (χ1n) is 1.56. The van der Waals surface area contributed by atoms with Crippen LogP contribution in [-0.2, 0) is 9.59 Å². The Morgan fingerprint density at radius 1 is 1.12 bits per heavy atom. The second-order valence-corrected chi connectivity index (χ2v) is 0.964. The fourth-order valence-electron chi connectivity index (χ4n) is 0.129.